The maximum atomic E-state index is 11.7. The SMILES string of the molecule is Nc1nc2c(ncn2COC(CO)CCc2ccccc2)c(=O)[nH]1. The number of benzene rings is 1. The van der Waals surface area contributed by atoms with Gasteiger partial charge in [0.1, 0.15) is 6.73 Å². The Morgan fingerprint density at radius 3 is 2.88 bits per heavy atom. The van der Waals surface area contributed by atoms with Gasteiger partial charge in [0.2, 0.25) is 5.95 Å². The van der Waals surface area contributed by atoms with Gasteiger partial charge in [0.05, 0.1) is 19.0 Å². The number of hydrogen-bond acceptors (Lipinski definition) is 6. The zero-order valence-corrected chi connectivity index (χ0v) is 13.1. The largest absolute Gasteiger partial charge is 0.394 e. The van der Waals surface area contributed by atoms with Crippen molar-refractivity contribution >= 4 is 17.1 Å². The van der Waals surface area contributed by atoms with Gasteiger partial charge in [-0.15, -0.1) is 0 Å². The number of aryl methyl sites for hydroxylation is 1. The highest BCUT2D eigenvalue weighted by molar-refractivity contribution is 5.70. The number of rotatable bonds is 7. The van der Waals surface area contributed by atoms with Crippen LogP contribution in [0, 0.1) is 0 Å². The van der Waals surface area contributed by atoms with Crippen molar-refractivity contribution in [3.63, 3.8) is 0 Å². The van der Waals surface area contributed by atoms with Gasteiger partial charge in [-0.3, -0.25) is 14.3 Å². The molecular weight excluding hydrogens is 310 g/mol. The average Bonchev–Trinajstić information content (AvgIpc) is 2.99. The maximum absolute atomic E-state index is 11.7. The van der Waals surface area contributed by atoms with Crippen LogP contribution in [0.2, 0.25) is 0 Å². The molecule has 1 aromatic carbocycles. The second-order valence-corrected chi connectivity index (χ2v) is 5.46. The van der Waals surface area contributed by atoms with Crippen LogP contribution in [0.1, 0.15) is 12.0 Å². The Labute approximate surface area is 137 Å². The Kier molecular flexibility index (Phi) is 4.88. The molecule has 3 rings (SSSR count). The topological polar surface area (TPSA) is 119 Å². The molecule has 8 heteroatoms. The first-order chi connectivity index (χ1) is 11.7. The number of hydrogen-bond donors (Lipinski definition) is 3. The number of aromatic amines is 1. The van der Waals surface area contributed by atoms with E-state index < -0.39 is 0 Å². The number of nitrogens with two attached hydrogens (primary N) is 1. The molecule has 126 valence electrons. The van der Waals surface area contributed by atoms with Crippen molar-refractivity contribution in [2.45, 2.75) is 25.7 Å². The fraction of sp³-hybridized carbons (Fsp3) is 0.312. The van der Waals surface area contributed by atoms with Crippen LogP contribution in [0.25, 0.3) is 11.2 Å². The summed E-state index contributed by atoms with van der Waals surface area (Å²) in [4.78, 5) is 22.2. The molecule has 0 amide bonds. The lowest BCUT2D eigenvalue weighted by Crippen LogP contribution is -2.20. The number of ether oxygens (including phenoxy) is 1. The number of aliphatic hydroxyl groups is 1. The third-order valence-corrected chi connectivity index (χ3v) is 3.74. The minimum Gasteiger partial charge on any atom is -0.394 e. The Bertz CT molecular complexity index is 859. The first-order valence-corrected chi connectivity index (χ1v) is 7.64. The molecule has 0 aliphatic heterocycles. The summed E-state index contributed by atoms with van der Waals surface area (Å²) in [5.74, 6) is 0.0250. The van der Waals surface area contributed by atoms with E-state index in [0.717, 1.165) is 6.42 Å². The van der Waals surface area contributed by atoms with Crippen LogP contribution in [0.15, 0.2) is 41.5 Å². The van der Waals surface area contributed by atoms with E-state index in [2.05, 4.69) is 15.0 Å². The molecule has 0 saturated carbocycles. The van der Waals surface area contributed by atoms with Gasteiger partial charge in [0, 0.05) is 0 Å². The number of anilines is 1. The number of aliphatic hydroxyl groups excluding tert-OH is 1. The molecule has 0 spiro atoms. The molecule has 2 aromatic heterocycles. The van der Waals surface area contributed by atoms with E-state index >= 15 is 0 Å². The molecule has 0 bridgehead atoms. The lowest BCUT2D eigenvalue weighted by atomic mass is 10.1. The first-order valence-electron chi connectivity index (χ1n) is 7.64. The molecule has 0 aliphatic rings. The Hall–Kier alpha value is -2.71. The highest BCUT2D eigenvalue weighted by atomic mass is 16.5. The predicted octanol–water partition coefficient (Wildman–Crippen LogP) is 0.670. The molecule has 1 atom stereocenters. The molecule has 0 aliphatic carbocycles. The zero-order chi connectivity index (χ0) is 16.9. The Morgan fingerprint density at radius 2 is 2.12 bits per heavy atom. The standard InChI is InChI=1S/C16H19N5O3/c17-16-19-14-13(15(23)20-16)18-9-21(14)10-24-12(8-22)7-6-11-4-2-1-3-5-11/h1-5,9,12,22H,6-8,10H2,(H3,17,19,20,23). The van der Waals surface area contributed by atoms with Crippen molar-refractivity contribution in [3.8, 4) is 0 Å². The monoisotopic (exact) mass is 329 g/mol. The van der Waals surface area contributed by atoms with E-state index in [0.29, 0.717) is 12.1 Å². The Balaban J connectivity index is 1.64. The van der Waals surface area contributed by atoms with Gasteiger partial charge in [-0.2, -0.15) is 4.98 Å². The number of aromatic nitrogens is 4. The zero-order valence-electron chi connectivity index (χ0n) is 13.1. The summed E-state index contributed by atoms with van der Waals surface area (Å²) >= 11 is 0. The summed E-state index contributed by atoms with van der Waals surface area (Å²) < 4.78 is 7.31. The summed E-state index contributed by atoms with van der Waals surface area (Å²) in [5.41, 5.74) is 6.92. The molecule has 3 aromatic rings. The van der Waals surface area contributed by atoms with Crippen LogP contribution < -0.4 is 11.3 Å². The number of nitrogens with one attached hydrogen (secondary N) is 1. The van der Waals surface area contributed by atoms with E-state index in [-0.39, 0.29) is 36.5 Å². The molecule has 24 heavy (non-hydrogen) atoms. The number of fused-ring (bicyclic) bond motifs is 1. The molecule has 0 fully saturated rings. The summed E-state index contributed by atoms with van der Waals surface area (Å²) in [6.45, 7) is 0.0437. The summed E-state index contributed by atoms with van der Waals surface area (Å²) in [5, 5.41) is 9.49. The fourth-order valence-corrected chi connectivity index (χ4v) is 2.45. The summed E-state index contributed by atoms with van der Waals surface area (Å²) in [6, 6.07) is 10.0. The van der Waals surface area contributed by atoms with Crippen LogP contribution >= 0.6 is 0 Å². The fourth-order valence-electron chi connectivity index (χ4n) is 2.45. The van der Waals surface area contributed by atoms with E-state index in [1.807, 2.05) is 30.3 Å². The van der Waals surface area contributed by atoms with Crippen molar-refractivity contribution in [2.24, 2.45) is 0 Å². The lowest BCUT2D eigenvalue weighted by Gasteiger charge is -2.16. The van der Waals surface area contributed by atoms with Crippen molar-refractivity contribution in [1.82, 2.24) is 19.5 Å². The van der Waals surface area contributed by atoms with Crippen LogP contribution in [0.4, 0.5) is 5.95 Å². The normalized spacial score (nSPS) is 12.5. The number of nitrogens with zero attached hydrogens (tertiary/aromatic N) is 3. The van der Waals surface area contributed by atoms with Crippen molar-refractivity contribution in [2.75, 3.05) is 12.3 Å². The van der Waals surface area contributed by atoms with Gasteiger partial charge in [-0.25, -0.2) is 4.98 Å². The summed E-state index contributed by atoms with van der Waals surface area (Å²) in [6.07, 6.45) is 2.64. The van der Waals surface area contributed by atoms with Gasteiger partial charge in [-0.1, -0.05) is 30.3 Å². The van der Waals surface area contributed by atoms with E-state index in [9.17, 15) is 9.90 Å². The molecule has 4 N–H and O–H groups in total. The quantitative estimate of drug-likeness (QED) is 0.586. The number of imidazole rings is 1. The molecular formula is C16H19N5O3. The van der Waals surface area contributed by atoms with Crippen LogP contribution in [-0.4, -0.2) is 37.3 Å². The molecule has 0 radical (unpaired) electrons. The van der Waals surface area contributed by atoms with Gasteiger partial charge in [0.15, 0.2) is 11.2 Å². The first kappa shape index (κ1) is 16.2. The predicted molar refractivity (Wildman–Crippen MR) is 89.3 cm³/mol. The van der Waals surface area contributed by atoms with Crippen LogP contribution in [-0.2, 0) is 17.9 Å². The highest BCUT2D eigenvalue weighted by Gasteiger charge is 2.12. The average molecular weight is 329 g/mol. The second-order valence-electron chi connectivity index (χ2n) is 5.46. The minimum atomic E-state index is -0.390. The molecule has 8 nitrogen and oxygen atoms in total. The maximum Gasteiger partial charge on any atom is 0.280 e. The van der Waals surface area contributed by atoms with Gasteiger partial charge in [-0.05, 0) is 18.4 Å². The molecule has 1 unspecified atom stereocenters. The highest BCUT2D eigenvalue weighted by Crippen LogP contribution is 2.10. The van der Waals surface area contributed by atoms with Gasteiger partial charge >= 0.3 is 0 Å². The number of H-pyrrole nitrogens is 1. The van der Waals surface area contributed by atoms with Crippen LogP contribution in [0.5, 0.6) is 0 Å². The number of nitrogen functional groups attached to an aromatic ring is 1. The molecule has 2 heterocycles. The third kappa shape index (κ3) is 3.61. The van der Waals surface area contributed by atoms with E-state index in [1.165, 1.54) is 11.9 Å². The molecule has 0 saturated heterocycles. The van der Waals surface area contributed by atoms with E-state index in [4.69, 9.17) is 10.5 Å². The van der Waals surface area contributed by atoms with Crippen molar-refractivity contribution in [1.29, 1.82) is 0 Å². The van der Waals surface area contributed by atoms with Crippen LogP contribution in [0.3, 0.4) is 0 Å². The smallest absolute Gasteiger partial charge is 0.280 e. The van der Waals surface area contributed by atoms with E-state index in [1.54, 1.807) is 4.57 Å². The minimum absolute atomic E-state index is 0.0250. The third-order valence-electron chi connectivity index (χ3n) is 3.74. The summed E-state index contributed by atoms with van der Waals surface area (Å²) in [7, 11) is 0. The second kappa shape index (κ2) is 7.24. The van der Waals surface area contributed by atoms with Crippen molar-refractivity contribution in [3.05, 3.63) is 52.6 Å². The van der Waals surface area contributed by atoms with Gasteiger partial charge in [0.25, 0.3) is 5.56 Å². The Morgan fingerprint density at radius 1 is 1.33 bits per heavy atom. The van der Waals surface area contributed by atoms with Crippen molar-refractivity contribution < 1.29 is 9.84 Å². The van der Waals surface area contributed by atoms with Gasteiger partial charge < -0.3 is 15.6 Å². The lowest BCUT2D eigenvalue weighted by molar-refractivity contribution is -0.0262.